The van der Waals surface area contributed by atoms with Crippen LogP contribution in [0.25, 0.3) is 5.57 Å². The van der Waals surface area contributed by atoms with Crippen molar-refractivity contribution in [1.82, 2.24) is 5.32 Å². The van der Waals surface area contributed by atoms with Crippen molar-refractivity contribution < 1.29 is 4.39 Å². The Kier molecular flexibility index (Phi) is 3.03. The van der Waals surface area contributed by atoms with Crippen LogP contribution in [-0.2, 0) is 0 Å². The molecule has 90 valence electrons. The van der Waals surface area contributed by atoms with Crippen LogP contribution in [0, 0.1) is 19.7 Å². The standard InChI is InChI=1S/C14H17FN2/c1-8-4-5-9(2)13(15)12(8)11-6-10(3)14(16)17-7-11/h4-7,14,17H,16H2,1-3H3. The highest BCUT2D eigenvalue weighted by Crippen LogP contribution is 2.27. The molecular weight excluding hydrogens is 215 g/mol. The van der Waals surface area contributed by atoms with Crippen molar-refractivity contribution in [3.8, 4) is 0 Å². The first-order valence-electron chi connectivity index (χ1n) is 5.67. The van der Waals surface area contributed by atoms with Crippen LogP contribution in [0.1, 0.15) is 23.6 Å². The zero-order chi connectivity index (χ0) is 12.6. The monoisotopic (exact) mass is 232 g/mol. The van der Waals surface area contributed by atoms with E-state index in [1.807, 2.05) is 26.0 Å². The first-order chi connectivity index (χ1) is 8.00. The molecule has 17 heavy (non-hydrogen) atoms. The van der Waals surface area contributed by atoms with Gasteiger partial charge in [-0.1, -0.05) is 18.2 Å². The van der Waals surface area contributed by atoms with Crippen LogP contribution >= 0.6 is 0 Å². The SMILES string of the molecule is CC1=CC(c2c(C)ccc(C)c2F)=CNC1N. The fourth-order valence-corrected chi connectivity index (χ4v) is 1.96. The van der Waals surface area contributed by atoms with Gasteiger partial charge in [0.2, 0.25) is 0 Å². The second-order valence-corrected chi connectivity index (χ2v) is 4.52. The molecule has 1 unspecified atom stereocenters. The number of rotatable bonds is 1. The third kappa shape index (κ3) is 2.11. The molecule has 1 heterocycles. The maximum absolute atomic E-state index is 14.1. The van der Waals surface area contributed by atoms with Crippen molar-refractivity contribution in [2.45, 2.75) is 26.9 Å². The molecule has 1 atom stereocenters. The summed E-state index contributed by atoms with van der Waals surface area (Å²) in [5.41, 5.74) is 9.91. The number of allylic oxidation sites excluding steroid dienone is 2. The number of nitrogens with one attached hydrogen (secondary N) is 1. The Morgan fingerprint density at radius 2 is 1.82 bits per heavy atom. The molecule has 0 saturated heterocycles. The topological polar surface area (TPSA) is 38.0 Å². The average molecular weight is 232 g/mol. The highest BCUT2D eigenvalue weighted by Gasteiger charge is 2.16. The van der Waals surface area contributed by atoms with Crippen LogP contribution in [0.4, 0.5) is 4.39 Å². The van der Waals surface area contributed by atoms with E-state index in [1.165, 1.54) is 0 Å². The predicted molar refractivity (Wildman–Crippen MR) is 68.7 cm³/mol. The number of hydrogen-bond acceptors (Lipinski definition) is 2. The molecule has 3 N–H and O–H groups in total. The number of aryl methyl sites for hydroxylation is 2. The van der Waals surface area contributed by atoms with E-state index in [0.717, 1.165) is 16.7 Å². The van der Waals surface area contributed by atoms with Gasteiger partial charge in [0, 0.05) is 17.3 Å². The second-order valence-electron chi connectivity index (χ2n) is 4.52. The van der Waals surface area contributed by atoms with Gasteiger partial charge in [0.1, 0.15) is 5.82 Å². The van der Waals surface area contributed by atoms with Crippen LogP contribution in [0.5, 0.6) is 0 Å². The van der Waals surface area contributed by atoms with Gasteiger partial charge < -0.3 is 11.1 Å². The van der Waals surface area contributed by atoms with Crippen molar-refractivity contribution in [3.63, 3.8) is 0 Å². The summed E-state index contributed by atoms with van der Waals surface area (Å²) in [4.78, 5) is 0. The highest BCUT2D eigenvalue weighted by molar-refractivity contribution is 5.78. The first kappa shape index (κ1) is 11.9. The minimum Gasteiger partial charge on any atom is -0.372 e. The smallest absolute Gasteiger partial charge is 0.134 e. The lowest BCUT2D eigenvalue weighted by atomic mass is 9.95. The Balaban J connectivity index is 2.53. The second kappa shape index (κ2) is 4.34. The summed E-state index contributed by atoms with van der Waals surface area (Å²) < 4.78 is 14.1. The first-order valence-corrected chi connectivity index (χ1v) is 5.67. The Morgan fingerprint density at radius 1 is 1.18 bits per heavy atom. The van der Waals surface area contributed by atoms with Gasteiger partial charge in [0.15, 0.2) is 0 Å². The van der Waals surface area contributed by atoms with Crippen LogP contribution in [0.2, 0.25) is 0 Å². The molecule has 0 fully saturated rings. The fraction of sp³-hybridized carbons (Fsp3) is 0.286. The molecule has 0 spiro atoms. The molecule has 2 rings (SSSR count). The van der Waals surface area contributed by atoms with Crippen molar-refractivity contribution in [1.29, 1.82) is 0 Å². The minimum atomic E-state index is -0.174. The summed E-state index contributed by atoms with van der Waals surface area (Å²) in [7, 11) is 0. The lowest BCUT2D eigenvalue weighted by Gasteiger charge is -2.21. The van der Waals surface area contributed by atoms with E-state index in [-0.39, 0.29) is 12.0 Å². The lowest BCUT2D eigenvalue weighted by molar-refractivity contribution is 0.612. The number of hydrogen-bond donors (Lipinski definition) is 2. The van der Waals surface area contributed by atoms with E-state index in [4.69, 9.17) is 5.73 Å². The van der Waals surface area contributed by atoms with Crippen molar-refractivity contribution in [3.05, 3.63) is 52.5 Å². The zero-order valence-corrected chi connectivity index (χ0v) is 10.3. The quantitative estimate of drug-likeness (QED) is 0.781. The van der Waals surface area contributed by atoms with Crippen molar-refractivity contribution in [2.75, 3.05) is 0 Å². The Labute approximate surface area is 101 Å². The van der Waals surface area contributed by atoms with E-state index in [2.05, 4.69) is 5.32 Å². The zero-order valence-electron chi connectivity index (χ0n) is 10.3. The maximum atomic E-state index is 14.1. The Morgan fingerprint density at radius 3 is 2.47 bits per heavy atom. The van der Waals surface area contributed by atoms with Crippen molar-refractivity contribution in [2.24, 2.45) is 5.73 Å². The molecule has 2 nitrogen and oxygen atoms in total. The largest absolute Gasteiger partial charge is 0.372 e. The summed E-state index contributed by atoms with van der Waals surface area (Å²) in [6, 6.07) is 3.74. The molecule has 0 saturated carbocycles. The van der Waals surface area contributed by atoms with Crippen LogP contribution in [-0.4, -0.2) is 6.17 Å². The molecular formula is C14H17FN2. The number of halogens is 1. The average Bonchev–Trinajstić information content (AvgIpc) is 2.29. The van der Waals surface area contributed by atoms with Gasteiger partial charge in [-0.2, -0.15) is 0 Å². The van der Waals surface area contributed by atoms with Crippen LogP contribution < -0.4 is 11.1 Å². The molecule has 1 aliphatic rings. The molecule has 0 bridgehead atoms. The number of benzene rings is 1. The van der Waals surface area contributed by atoms with Gasteiger partial charge >= 0.3 is 0 Å². The molecule has 0 radical (unpaired) electrons. The van der Waals surface area contributed by atoms with E-state index >= 15 is 0 Å². The van der Waals surface area contributed by atoms with Crippen molar-refractivity contribution >= 4 is 5.57 Å². The summed E-state index contributed by atoms with van der Waals surface area (Å²) in [5.74, 6) is -0.155. The molecule has 0 aliphatic carbocycles. The summed E-state index contributed by atoms with van der Waals surface area (Å²) in [6.45, 7) is 5.63. The highest BCUT2D eigenvalue weighted by atomic mass is 19.1. The Bertz CT molecular complexity index is 515. The van der Waals surface area contributed by atoms with Gasteiger partial charge in [-0.3, -0.25) is 0 Å². The van der Waals surface area contributed by atoms with E-state index in [9.17, 15) is 4.39 Å². The van der Waals surface area contributed by atoms with Crippen LogP contribution in [0.3, 0.4) is 0 Å². The molecule has 0 amide bonds. The van der Waals surface area contributed by atoms with Gasteiger partial charge in [0.25, 0.3) is 0 Å². The summed E-state index contributed by atoms with van der Waals surface area (Å²) >= 11 is 0. The molecule has 1 aliphatic heterocycles. The van der Waals surface area contributed by atoms with Crippen LogP contribution in [0.15, 0.2) is 30.0 Å². The molecule has 0 aromatic heterocycles. The third-order valence-corrected chi connectivity index (χ3v) is 3.12. The van der Waals surface area contributed by atoms with Gasteiger partial charge in [-0.05, 0) is 37.5 Å². The van der Waals surface area contributed by atoms with E-state index in [0.29, 0.717) is 11.1 Å². The Hall–Kier alpha value is -1.61. The molecule has 1 aromatic rings. The minimum absolute atomic E-state index is 0.155. The number of dihydropyridines is 1. The summed E-state index contributed by atoms with van der Waals surface area (Å²) in [6.07, 6.45) is 3.54. The molecule has 3 heteroatoms. The van der Waals surface area contributed by atoms with Gasteiger partial charge in [0.05, 0.1) is 6.17 Å². The predicted octanol–water partition coefficient (Wildman–Crippen LogP) is 2.62. The summed E-state index contributed by atoms with van der Waals surface area (Å²) in [5, 5.41) is 3.03. The lowest BCUT2D eigenvalue weighted by Crippen LogP contribution is -2.36. The van der Waals surface area contributed by atoms with Gasteiger partial charge in [-0.25, -0.2) is 4.39 Å². The molecule has 1 aromatic carbocycles. The normalized spacial score (nSPS) is 19.5. The third-order valence-electron chi connectivity index (χ3n) is 3.12. The van der Waals surface area contributed by atoms with Gasteiger partial charge in [-0.15, -0.1) is 0 Å². The number of nitrogens with two attached hydrogens (primary N) is 1. The fourth-order valence-electron chi connectivity index (χ4n) is 1.96. The maximum Gasteiger partial charge on any atom is 0.134 e. The van der Waals surface area contributed by atoms with E-state index in [1.54, 1.807) is 19.2 Å². The van der Waals surface area contributed by atoms with E-state index < -0.39 is 0 Å².